The topological polar surface area (TPSA) is 73.6 Å². The maximum absolute atomic E-state index is 12.4. The van der Waals surface area contributed by atoms with Crippen LogP contribution in [0.25, 0.3) is 0 Å². The van der Waals surface area contributed by atoms with Crippen LogP contribution in [0.4, 0.5) is 0 Å². The molecule has 0 heterocycles. The molecule has 21 heavy (non-hydrogen) atoms. The molecule has 0 saturated heterocycles. The molecule has 1 unspecified atom stereocenters. The van der Waals surface area contributed by atoms with Gasteiger partial charge in [0.05, 0.1) is 26.2 Å². The van der Waals surface area contributed by atoms with Crippen molar-refractivity contribution in [3.8, 4) is 11.5 Å². The lowest BCUT2D eigenvalue weighted by Gasteiger charge is -2.29. The maximum Gasteiger partial charge on any atom is 0.225 e. The lowest BCUT2D eigenvalue weighted by Crippen LogP contribution is -2.53. The van der Waals surface area contributed by atoms with Crippen LogP contribution in [0, 0.1) is 5.92 Å². The predicted octanol–water partition coefficient (Wildman–Crippen LogP) is 1.49. The van der Waals surface area contributed by atoms with Crippen LogP contribution in [0.5, 0.6) is 11.5 Å². The third-order valence-corrected chi connectivity index (χ3v) is 4.19. The van der Waals surface area contributed by atoms with Gasteiger partial charge in [0.2, 0.25) is 5.91 Å². The minimum atomic E-state index is -0.313. The summed E-state index contributed by atoms with van der Waals surface area (Å²) in [5.74, 6) is 1.75. The number of hydrogen-bond acceptors (Lipinski definition) is 4. The standard InChI is InChI=1S/C16H24N2O3/c1-16(10-17,11-7-8-11)18-15(19)9-12-13(20-2)5-4-6-14(12)21-3/h4-6,11H,7-10,17H2,1-3H3,(H,18,19). The van der Waals surface area contributed by atoms with E-state index in [0.29, 0.717) is 24.0 Å². The van der Waals surface area contributed by atoms with Gasteiger partial charge < -0.3 is 20.5 Å². The predicted molar refractivity (Wildman–Crippen MR) is 81.6 cm³/mol. The summed E-state index contributed by atoms with van der Waals surface area (Å²) in [6, 6.07) is 5.50. The fourth-order valence-corrected chi connectivity index (χ4v) is 2.67. The summed E-state index contributed by atoms with van der Waals surface area (Å²) < 4.78 is 10.6. The molecule has 0 radical (unpaired) electrons. The first kappa shape index (κ1) is 15.6. The van der Waals surface area contributed by atoms with E-state index in [0.717, 1.165) is 18.4 Å². The molecule has 5 nitrogen and oxygen atoms in total. The summed E-state index contributed by atoms with van der Waals surface area (Å²) in [5.41, 5.74) is 6.28. The molecular weight excluding hydrogens is 268 g/mol. The summed E-state index contributed by atoms with van der Waals surface area (Å²) >= 11 is 0. The van der Waals surface area contributed by atoms with Crippen molar-refractivity contribution in [2.45, 2.75) is 31.7 Å². The zero-order valence-corrected chi connectivity index (χ0v) is 12.9. The summed E-state index contributed by atoms with van der Waals surface area (Å²) in [4.78, 5) is 12.4. The molecular formula is C16H24N2O3. The van der Waals surface area contributed by atoms with Gasteiger partial charge in [-0.25, -0.2) is 0 Å². The van der Waals surface area contributed by atoms with Crippen LogP contribution in [0.2, 0.25) is 0 Å². The molecule has 5 heteroatoms. The molecule has 1 atom stereocenters. The highest BCUT2D eigenvalue weighted by atomic mass is 16.5. The number of benzene rings is 1. The first-order valence-corrected chi connectivity index (χ1v) is 7.25. The number of rotatable bonds is 7. The minimum absolute atomic E-state index is 0.0577. The number of hydrogen-bond donors (Lipinski definition) is 2. The van der Waals surface area contributed by atoms with Gasteiger partial charge in [0, 0.05) is 12.1 Å². The van der Waals surface area contributed by atoms with Gasteiger partial charge in [-0.2, -0.15) is 0 Å². The van der Waals surface area contributed by atoms with Gasteiger partial charge in [-0.05, 0) is 37.8 Å². The Morgan fingerprint density at radius 1 is 1.33 bits per heavy atom. The molecule has 0 spiro atoms. The van der Waals surface area contributed by atoms with Crippen LogP contribution in [-0.4, -0.2) is 32.2 Å². The third kappa shape index (κ3) is 3.47. The molecule has 1 aromatic carbocycles. The van der Waals surface area contributed by atoms with Crippen LogP contribution in [0.3, 0.4) is 0 Å². The second kappa shape index (κ2) is 6.35. The van der Waals surface area contributed by atoms with E-state index < -0.39 is 0 Å². The Kier molecular flexibility index (Phi) is 4.73. The van der Waals surface area contributed by atoms with Crippen molar-refractivity contribution in [3.63, 3.8) is 0 Å². The van der Waals surface area contributed by atoms with Crippen molar-refractivity contribution in [1.82, 2.24) is 5.32 Å². The van der Waals surface area contributed by atoms with Gasteiger partial charge in [0.25, 0.3) is 0 Å². The molecule has 1 amide bonds. The van der Waals surface area contributed by atoms with Crippen molar-refractivity contribution >= 4 is 5.91 Å². The zero-order chi connectivity index (χ0) is 15.5. The van der Waals surface area contributed by atoms with Gasteiger partial charge >= 0.3 is 0 Å². The zero-order valence-electron chi connectivity index (χ0n) is 12.9. The van der Waals surface area contributed by atoms with E-state index in [1.165, 1.54) is 0 Å². The van der Waals surface area contributed by atoms with Gasteiger partial charge in [0.1, 0.15) is 11.5 Å². The molecule has 2 rings (SSSR count). The maximum atomic E-state index is 12.4. The summed E-state index contributed by atoms with van der Waals surface area (Å²) in [6.45, 7) is 2.47. The number of ether oxygens (including phenoxy) is 2. The van der Waals surface area contributed by atoms with Crippen LogP contribution in [-0.2, 0) is 11.2 Å². The molecule has 1 fully saturated rings. The van der Waals surface area contributed by atoms with E-state index in [1.54, 1.807) is 14.2 Å². The number of amides is 1. The Balaban J connectivity index is 2.12. The van der Waals surface area contributed by atoms with Crippen molar-refractivity contribution in [1.29, 1.82) is 0 Å². The summed E-state index contributed by atoms with van der Waals surface area (Å²) in [5, 5.41) is 3.08. The number of methoxy groups -OCH3 is 2. The molecule has 1 aromatic rings. The second-order valence-electron chi connectivity index (χ2n) is 5.76. The normalized spacial score (nSPS) is 17.0. The van der Waals surface area contributed by atoms with Crippen LogP contribution < -0.4 is 20.5 Å². The van der Waals surface area contributed by atoms with E-state index in [9.17, 15) is 4.79 Å². The molecule has 0 aromatic heterocycles. The fourth-order valence-electron chi connectivity index (χ4n) is 2.67. The highest BCUT2D eigenvalue weighted by Gasteiger charge is 2.41. The van der Waals surface area contributed by atoms with Crippen molar-refractivity contribution < 1.29 is 14.3 Å². The van der Waals surface area contributed by atoms with Gasteiger partial charge in [-0.15, -0.1) is 0 Å². The quantitative estimate of drug-likeness (QED) is 0.798. The third-order valence-electron chi connectivity index (χ3n) is 4.19. The minimum Gasteiger partial charge on any atom is -0.496 e. The number of nitrogens with two attached hydrogens (primary N) is 1. The SMILES string of the molecule is COc1cccc(OC)c1CC(=O)NC(C)(CN)C1CC1. The Hall–Kier alpha value is -1.75. The fraction of sp³-hybridized carbons (Fsp3) is 0.562. The van der Waals surface area contributed by atoms with Crippen molar-refractivity contribution in [2.75, 3.05) is 20.8 Å². The second-order valence-corrected chi connectivity index (χ2v) is 5.76. The Labute approximate surface area is 125 Å². The van der Waals surface area contributed by atoms with Crippen LogP contribution in [0.15, 0.2) is 18.2 Å². The molecule has 0 aliphatic heterocycles. The van der Waals surface area contributed by atoms with Crippen LogP contribution >= 0.6 is 0 Å². The molecule has 3 N–H and O–H groups in total. The Morgan fingerprint density at radius 3 is 2.33 bits per heavy atom. The Bertz CT molecular complexity index is 492. The summed E-state index contributed by atoms with van der Waals surface area (Å²) in [6.07, 6.45) is 2.48. The van der Waals surface area contributed by atoms with E-state index in [-0.39, 0.29) is 17.9 Å². The smallest absolute Gasteiger partial charge is 0.225 e. The molecule has 116 valence electrons. The van der Waals surface area contributed by atoms with Crippen LogP contribution in [0.1, 0.15) is 25.3 Å². The number of carbonyl (C=O) groups is 1. The molecule has 1 saturated carbocycles. The molecule has 1 aliphatic rings. The Morgan fingerprint density at radius 2 is 1.90 bits per heavy atom. The van der Waals surface area contributed by atoms with Crippen molar-refractivity contribution in [3.05, 3.63) is 23.8 Å². The van der Waals surface area contributed by atoms with E-state index in [4.69, 9.17) is 15.2 Å². The van der Waals surface area contributed by atoms with Crippen molar-refractivity contribution in [2.24, 2.45) is 11.7 Å². The van der Waals surface area contributed by atoms with Gasteiger partial charge in [-0.3, -0.25) is 4.79 Å². The average molecular weight is 292 g/mol. The first-order chi connectivity index (χ1) is 10.0. The molecule has 1 aliphatic carbocycles. The monoisotopic (exact) mass is 292 g/mol. The lowest BCUT2D eigenvalue weighted by molar-refractivity contribution is -0.122. The largest absolute Gasteiger partial charge is 0.496 e. The summed E-state index contributed by atoms with van der Waals surface area (Å²) in [7, 11) is 3.18. The highest BCUT2D eigenvalue weighted by Crippen LogP contribution is 2.39. The molecule has 0 bridgehead atoms. The first-order valence-electron chi connectivity index (χ1n) is 7.25. The average Bonchev–Trinajstić information content (AvgIpc) is 3.32. The van der Waals surface area contributed by atoms with E-state index in [1.807, 2.05) is 25.1 Å². The number of nitrogens with one attached hydrogen (secondary N) is 1. The van der Waals surface area contributed by atoms with Gasteiger partial charge in [-0.1, -0.05) is 6.07 Å². The van der Waals surface area contributed by atoms with Gasteiger partial charge in [0.15, 0.2) is 0 Å². The van der Waals surface area contributed by atoms with E-state index in [2.05, 4.69) is 5.32 Å². The lowest BCUT2D eigenvalue weighted by atomic mass is 9.95. The van der Waals surface area contributed by atoms with E-state index >= 15 is 0 Å². The number of carbonyl (C=O) groups excluding carboxylic acids is 1. The highest BCUT2D eigenvalue weighted by molar-refractivity contribution is 5.81.